The second-order valence-corrected chi connectivity index (χ2v) is 6.15. The Morgan fingerprint density at radius 2 is 1.91 bits per heavy atom. The van der Waals surface area contributed by atoms with Crippen LogP contribution in [0.3, 0.4) is 0 Å². The van der Waals surface area contributed by atoms with Crippen molar-refractivity contribution in [2.45, 2.75) is 19.4 Å². The van der Waals surface area contributed by atoms with Crippen molar-refractivity contribution in [1.29, 1.82) is 0 Å². The molecule has 7 heteroatoms. The van der Waals surface area contributed by atoms with Gasteiger partial charge < -0.3 is 10.2 Å². The van der Waals surface area contributed by atoms with Crippen molar-refractivity contribution in [1.82, 2.24) is 15.3 Å². The number of hydrogen-bond acceptors (Lipinski definition) is 4. The van der Waals surface area contributed by atoms with Gasteiger partial charge >= 0.3 is 0 Å². The molecule has 3 rings (SSSR count). The number of amides is 1. The van der Waals surface area contributed by atoms with Crippen LogP contribution in [0.15, 0.2) is 30.5 Å². The van der Waals surface area contributed by atoms with Gasteiger partial charge in [-0.25, -0.2) is 9.97 Å². The van der Waals surface area contributed by atoms with Gasteiger partial charge in [0.25, 0.3) is 5.91 Å². The van der Waals surface area contributed by atoms with E-state index in [0.717, 1.165) is 31.5 Å². The molecule has 120 valence electrons. The van der Waals surface area contributed by atoms with Gasteiger partial charge in [0.05, 0.1) is 11.2 Å². The molecule has 1 aromatic carbocycles. The molecule has 2 heterocycles. The molecule has 2 aromatic rings. The predicted octanol–water partition coefficient (Wildman–Crippen LogP) is 3.31. The third kappa shape index (κ3) is 3.74. The van der Waals surface area contributed by atoms with Crippen molar-refractivity contribution in [3.8, 4) is 0 Å². The fraction of sp³-hybridized carbons (Fsp3) is 0.312. The minimum Gasteiger partial charge on any atom is -0.347 e. The summed E-state index contributed by atoms with van der Waals surface area (Å²) in [5.74, 6) is 0.215. The highest BCUT2D eigenvalue weighted by Crippen LogP contribution is 2.20. The predicted molar refractivity (Wildman–Crippen MR) is 91.1 cm³/mol. The second kappa shape index (κ2) is 7.15. The molecular formula is C16H16Cl2N4O. The maximum absolute atomic E-state index is 12.4. The lowest BCUT2D eigenvalue weighted by Gasteiger charge is -2.16. The summed E-state index contributed by atoms with van der Waals surface area (Å²) in [6.45, 7) is 2.13. The lowest BCUT2D eigenvalue weighted by atomic mass is 10.2. The molecule has 0 saturated carbocycles. The van der Waals surface area contributed by atoms with Gasteiger partial charge in [-0.15, -0.1) is 0 Å². The van der Waals surface area contributed by atoms with E-state index in [1.54, 1.807) is 6.07 Å². The van der Waals surface area contributed by atoms with Crippen LogP contribution in [0.2, 0.25) is 10.0 Å². The van der Waals surface area contributed by atoms with Gasteiger partial charge in [0.15, 0.2) is 5.69 Å². The van der Waals surface area contributed by atoms with Gasteiger partial charge in [-0.3, -0.25) is 4.79 Å². The van der Waals surface area contributed by atoms with Crippen LogP contribution >= 0.6 is 23.2 Å². The summed E-state index contributed by atoms with van der Waals surface area (Å²) in [6.07, 6.45) is 3.70. The number of nitrogens with zero attached hydrogens (tertiary/aromatic N) is 3. The van der Waals surface area contributed by atoms with E-state index in [0.29, 0.717) is 17.5 Å². The van der Waals surface area contributed by atoms with Crippen molar-refractivity contribution in [2.24, 2.45) is 0 Å². The molecule has 1 aliphatic heterocycles. The summed E-state index contributed by atoms with van der Waals surface area (Å²) in [6, 6.07) is 7.36. The van der Waals surface area contributed by atoms with Gasteiger partial charge in [0.1, 0.15) is 0 Å². The Balaban J connectivity index is 1.73. The number of aromatic nitrogens is 2. The van der Waals surface area contributed by atoms with E-state index in [9.17, 15) is 4.79 Å². The van der Waals surface area contributed by atoms with Gasteiger partial charge in [0, 0.05) is 24.7 Å². The first-order chi connectivity index (χ1) is 11.1. The smallest absolute Gasteiger partial charge is 0.271 e. The van der Waals surface area contributed by atoms with Gasteiger partial charge in [-0.2, -0.15) is 0 Å². The zero-order valence-electron chi connectivity index (χ0n) is 12.4. The molecule has 0 bridgehead atoms. The van der Waals surface area contributed by atoms with E-state index in [-0.39, 0.29) is 16.6 Å². The third-order valence-electron chi connectivity index (χ3n) is 3.73. The molecule has 0 spiro atoms. The van der Waals surface area contributed by atoms with E-state index < -0.39 is 0 Å². The normalized spacial score (nSPS) is 14.1. The highest BCUT2D eigenvalue weighted by molar-refractivity contribution is 6.33. The molecule has 0 atom stereocenters. The van der Waals surface area contributed by atoms with E-state index in [4.69, 9.17) is 23.2 Å². The number of carbonyl (C=O) groups is 1. The van der Waals surface area contributed by atoms with Gasteiger partial charge in [0.2, 0.25) is 5.95 Å². The topological polar surface area (TPSA) is 58.1 Å². The van der Waals surface area contributed by atoms with Crippen LogP contribution < -0.4 is 10.2 Å². The zero-order chi connectivity index (χ0) is 16.2. The SMILES string of the molecule is O=C(NCc1ccccc1Cl)c1nc(N2CCCC2)ncc1Cl. The van der Waals surface area contributed by atoms with Crippen molar-refractivity contribution < 1.29 is 4.79 Å². The monoisotopic (exact) mass is 350 g/mol. The summed E-state index contributed by atoms with van der Waals surface area (Å²) >= 11 is 12.2. The minimum atomic E-state index is -0.335. The Morgan fingerprint density at radius 1 is 1.17 bits per heavy atom. The van der Waals surface area contributed by atoms with E-state index in [2.05, 4.69) is 20.2 Å². The summed E-state index contributed by atoms with van der Waals surface area (Å²) in [5, 5.41) is 3.65. The first-order valence-electron chi connectivity index (χ1n) is 7.44. The number of halogens is 2. The average Bonchev–Trinajstić information content (AvgIpc) is 3.09. The Hall–Kier alpha value is -1.85. The number of anilines is 1. The maximum atomic E-state index is 12.4. The molecule has 0 unspecified atom stereocenters. The van der Waals surface area contributed by atoms with Crippen LogP contribution in [-0.2, 0) is 6.54 Å². The molecule has 1 saturated heterocycles. The highest BCUT2D eigenvalue weighted by Gasteiger charge is 2.19. The molecule has 1 aromatic heterocycles. The Kier molecular flexibility index (Phi) is 4.98. The Morgan fingerprint density at radius 3 is 2.65 bits per heavy atom. The minimum absolute atomic E-state index is 0.190. The Bertz CT molecular complexity index is 717. The van der Waals surface area contributed by atoms with Crippen LogP contribution in [0.25, 0.3) is 0 Å². The fourth-order valence-corrected chi connectivity index (χ4v) is 2.87. The molecule has 0 aliphatic carbocycles. The lowest BCUT2D eigenvalue weighted by molar-refractivity contribution is 0.0946. The van der Waals surface area contributed by atoms with Gasteiger partial charge in [-0.05, 0) is 24.5 Å². The number of rotatable bonds is 4. The van der Waals surface area contributed by atoms with E-state index >= 15 is 0 Å². The first-order valence-corrected chi connectivity index (χ1v) is 8.20. The molecule has 5 nitrogen and oxygen atoms in total. The number of nitrogens with one attached hydrogen (secondary N) is 1. The third-order valence-corrected chi connectivity index (χ3v) is 4.38. The van der Waals surface area contributed by atoms with Crippen molar-refractivity contribution in [2.75, 3.05) is 18.0 Å². The quantitative estimate of drug-likeness (QED) is 0.918. The fourth-order valence-electron chi connectivity index (χ4n) is 2.49. The molecule has 1 N–H and O–H groups in total. The van der Waals surface area contributed by atoms with E-state index in [1.165, 1.54) is 6.20 Å². The number of carbonyl (C=O) groups excluding carboxylic acids is 1. The second-order valence-electron chi connectivity index (χ2n) is 5.33. The first kappa shape index (κ1) is 16.0. The van der Waals surface area contributed by atoms with Crippen LogP contribution in [0.5, 0.6) is 0 Å². The molecule has 1 aliphatic rings. The van der Waals surface area contributed by atoms with Crippen LogP contribution in [0, 0.1) is 0 Å². The molecule has 1 amide bonds. The highest BCUT2D eigenvalue weighted by atomic mass is 35.5. The van der Waals surface area contributed by atoms with Crippen molar-refractivity contribution in [3.05, 3.63) is 51.8 Å². The van der Waals surface area contributed by atoms with Crippen molar-refractivity contribution >= 4 is 35.1 Å². The zero-order valence-corrected chi connectivity index (χ0v) is 13.9. The summed E-state index contributed by atoms with van der Waals surface area (Å²) in [4.78, 5) is 23.0. The average molecular weight is 351 g/mol. The summed E-state index contributed by atoms with van der Waals surface area (Å²) in [5.41, 5.74) is 1.03. The maximum Gasteiger partial charge on any atom is 0.271 e. The van der Waals surface area contributed by atoms with Crippen LogP contribution in [-0.4, -0.2) is 29.0 Å². The summed E-state index contributed by atoms with van der Waals surface area (Å²) < 4.78 is 0. The standard InChI is InChI=1S/C16H16Cl2N4O/c17-12-6-2-1-5-11(12)9-19-15(23)14-13(18)10-20-16(21-14)22-7-3-4-8-22/h1-2,5-6,10H,3-4,7-9H2,(H,19,23). The lowest BCUT2D eigenvalue weighted by Crippen LogP contribution is -2.27. The van der Waals surface area contributed by atoms with E-state index in [1.807, 2.05) is 18.2 Å². The molecule has 1 fully saturated rings. The molecular weight excluding hydrogens is 335 g/mol. The van der Waals surface area contributed by atoms with Gasteiger partial charge in [-0.1, -0.05) is 41.4 Å². The largest absolute Gasteiger partial charge is 0.347 e. The van der Waals surface area contributed by atoms with Crippen LogP contribution in [0.4, 0.5) is 5.95 Å². The van der Waals surface area contributed by atoms with Crippen LogP contribution in [0.1, 0.15) is 28.9 Å². The number of benzene rings is 1. The number of hydrogen-bond donors (Lipinski definition) is 1. The Labute approximate surface area is 144 Å². The molecule has 23 heavy (non-hydrogen) atoms. The van der Waals surface area contributed by atoms with Crippen molar-refractivity contribution in [3.63, 3.8) is 0 Å². The summed E-state index contributed by atoms with van der Waals surface area (Å²) in [7, 11) is 0. The molecule has 0 radical (unpaired) electrons.